The van der Waals surface area contributed by atoms with E-state index in [4.69, 9.17) is 19.4 Å². The molecule has 0 spiro atoms. The van der Waals surface area contributed by atoms with E-state index in [-0.39, 0.29) is 38.6 Å². The molecule has 0 amide bonds. The van der Waals surface area contributed by atoms with Gasteiger partial charge in [0.25, 0.3) is 0 Å². The van der Waals surface area contributed by atoms with Crippen molar-refractivity contribution in [1.29, 1.82) is 0 Å². The van der Waals surface area contributed by atoms with Crippen molar-refractivity contribution in [2.24, 2.45) is 0 Å². The van der Waals surface area contributed by atoms with E-state index in [9.17, 15) is 0 Å². The van der Waals surface area contributed by atoms with Crippen LogP contribution in [0.5, 0.6) is 0 Å². The van der Waals surface area contributed by atoms with E-state index in [1.54, 1.807) is 20.3 Å². The second-order valence-electron chi connectivity index (χ2n) is 11.6. The summed E-state index contributed by atoms with van der Waals surface area (Å²) in [5, 5.41) is 7.15. The van der Waals surface area contributed by atoms with Gasteiger partial charge in [-0.3, -0.25) is 0 Å². The van der Waals surface area contributed by atoms with Gasteiger partial charge in [0.15, 0.2) is 0 Å². The predicted octanol–water partition coefficient (Wildman–Crippen LogP) is 7.47. The molecule has 0 radical (unpaired) electrons. The van der Waals surface area contributed by atoms with E-state index in [1.807, 2.05) is 111 Å². The third-order valence-corrected chi connectivity index (χ3v) is 5.39. The molecule has 17 heteroatoms. The third-order valence-electron chi connectivity index (χ3n) is 4.79. The monoisotopic (exact) mass is 866 g/mol. The zero-order valence-corrected chi connectivity index (χ0v) is 38.3. The number of nitrogens with zero attached hydrogens (tertiary/aromatic N) is 4. The van der Waals surface area contributed by atoms with Crippen LogP contribution in [0.1, 0.15) is 111 Å². The minimum atomic E-state index is 0. The van der Waals surface area contributed by atoms with E-state index < -0.39 is 0 Å². The Bertz CT molecular complexity index is 649. The van der Waals surface area contributed by atoms with Crippen LogP contribution in [-0.4, -0.2) is 86.1 Å². The molecule has 8 nitrogen and oxygen atoms in total. The van der Waals surface area contributed by atoms with Crippen molar-refractivity contribution in [3.63, 3.8) is 0 Å². The molecule has 0 aliphatic carbocycles. The van der Waals surface area contributed by atoms with E-state index >= 15 is 0 Å². The Hall–Kier alpha value is 0.968. The van der Waals surface area contributed by atoms with E-state index in [1.165, 1.54) is 0 Å². The van der Waals surface area contributed by atoms with E-state index in [2.05, 4.69) is 99.4 Å². The molecule has 0 saturated heterocycles. The number of thiocarbonyl (C=S) groups is 4. The first-order valence-electron chi connectivity index (χ1n) is 14.5. The topological polar surface area (TPSA) is 49.9 Å². The Morgan fingerprint density at radius 1 is 0.333 bits per heavy atom. The van der Waals surface area contributed by atoms with Crippen LogP contribution < -0.4 is 0 Å². The van der Waals surface area contributed by atoms with E-state index in [0.717, 1.165) is 0 Å². The summed E-state index contributed by atoms with van der Waals surface area (Å²) in [6.45, 7) is 32.6. The van der Waals surface area contributed by atoms with Gasteiger partial charge >= 0.3 is 21.1 Å². The van der Waals surface area contributed by atoms with Crippen molar-refractivity contribution in [2.75, 3.05) is 0 Å². The molecule has 0 bridgehead atoms. The van der Waals surface area contributed by atoms with Crippen molar-refractivity contribution in [2.45, 2.75) is 159 Å². The van der Waals surface area contributed by atoms with Crippen LogP contribution >= 0.6 is 48.9 Å². The molecule has 0 unspecified atom stereocenters. The Labute approximate surface area is 333 Å². The molecule has 0 saturated carbocycles. The summed E-state index contributed by atoms with van der Waals surface area (Å²) in [5.41, 5.74) is 0. The molecule has 266 valence electrons. The standard InChI is InChI=1S/4C7H15NOS2.Mo/c4*1-5(2)8(6(3)4)9-7(10)11;/h4*5-6H,1-4H3,(H,10,11);/q;;;;+4/p-4. The number of hydroxylamine groups is 8. The van der Waals surface area contributed by atoms with Crippen molar-refractivity contribution in [3.05, 3.63) is 0 Å². The van der Waals surface area contributed by atoms with Gasteiger partial charge in [0.2, 0.25) is 0 Å². The van der Waals surface area contributed by atoms with Gasteiger partial charge in [0.05, 0.1) is 17.5 Å². The van der Waals surface area contributed by atoms with Gasteiger partial charge in [-0.2, -0.15) is 0 Å². The van der Waals surface area contributed by atoms with Crippen LogP contribution in [-0.2, 0) is 90.9 Å². The molecule has 45 heavy (non-hydrogen) atoms. The Morgan fingerprint density at radius 3 is 0.444 bits per heavy atom. The summed E-state index contributed by atoms with van der Waals surface area (Å²) in [4.78, 5) is 20.6. The molecular formula is C28H56MoN4O4S8. The largest absolute Gasteiger partial charge is 4.00 e. The quantitative estimate of drug-likeness (QED) is 0.0844. The Kier molecular flexibility index (Phi) is 38.1. The predicted molar refractivity (Wildman–Crippen MR) is 213 cm³/mol. The van der Waals surface area contributed by atoms with Crippen LogP contribution in [0.3, 0.4) is 0 Å². The molecule has 0 aliphatic heterocycles. The van der Waals surface area contributed by atoms with Gasteiger partial charge in [0.1, 0.15) is 0 Å². The Balaban J connectivity index is -0.000000157. The van der Waals surface area contributed by atoms with Crippen LogP contribution in [0.2, 0.25) is 0 Å². The molecular weight excluding hydrogens is 809 g/mol. The second kappa shape index (κ2) is 31.0. The minimum absolute atomic E-state index is 0. The fraction of sp³-hybridized carbons (Fsp3) is 0.857. The summed E-state index contributed by atoms with van der Waals surface area (Å²) in [7, 11) is 0. The molecule has 0 aliphatic rings. The van der Waals surface area contributed by atoms with Gasteiger partial charge in [-0.15, -0.1) is 20.3 Å². The van der Waals surface area contributed by atoms with Gasteiger partial charge < -0.3 is 119 Å². The van der Waals surface area contributed by atoms with Crippen LogP contribution in [0.15, 0.2) is 0 Å². The maximum Gasteiger partial charge on any atom is 4.00 e. The summed E-state index contributed by atoms with van der Waals surface area (Å²) in [6, 6.07) is 2.41. The zero-order chi connectivity index (χ0) is 36.1. The molecule has 0 fully saturated rings. The van der Waals surface area contributed by atoms with Crippen molar-refractivity contribution in [3.8, 4) is 0 Å². The SMILES string of the molecule is CC(C)N(OC(=S)[S-])C(C)C.CC(C)N(OC(=S)[S-])C(C)C.CC(C)N(OC(=S)[S-])C(C)C.CC(C)N(OC(=S)[S-])C(C)C.[Mo+4]. The van der Waals surface area contributed by atoms with Crippen molar-refractivity contribution < 1.29 is 40.4 Å². The fourth-order valence-corrected chi connectivity index (χ4v) is 4.26. The van der Waals surface area contributed by atoms with Crippen LogP contribution in [0.4, 0.5) is 0 Å². The maximum absolute atomic E-state index is 5.15. The Morgan fingerprint density at radius 2 is 0.422 bits per heavy atom. The van der Waals surface area contributed by atoms with Crippen molar-refractivity contribution >= 4 is 117 Å². The van der Waals surface area contributed by atoms with Crippen molar-refractivity contribution in [1.82, 2.24) is 20.3 Å². The smallest absolute Gasteiger partial charge is 0.426 e. The molecule has 0 atom stereocenters. The van der Waals surface area contributed by atoms with Gasteiger partial charge in [0, 0.05) is 48.3 Å². The third kappa shape index (κ3) is 34.6. The molecule has 0 N–H and O–H groups in total. The summed E-state index contributed by atoms with van der Waals surface area (Å²) < 4.78 is 0.639. The molecule has 0 aromatic heterocycles. The normalized spacial score (nSPS) is 10.9. The fourth-order valence-electron chi connectivity index (χ4n) is 3.57. The second-order valence-corrected chi connectivity index (χ2v) is 15.6. The van der Waals surface area contributed by atoms with Crippen LogP contribution in [0, 0.1) is 0 Å². The summed E-state index contributed by atoms with van der Waals surface area (Å²) in [5.74, 6) is 0. The van der Waals surface area contributed by atoms with E-state index in [0.29, 0.717) is 48.3 Å². The van der Waals surface area contributed by atoms with Gasteiger partial charge in [-0.05, 0) is 111 Å². The molecule has 0 heterocycles. The molecule has 0 aromatic rings. The molecule has 0 rings (SSSR count). The number of hydrogen-bond donors (Lipinski definition) is 0. The number of rotatable bonds is 12. The van der Waals surface area contributed by atoms with Gasteiger partial charge in [-0.1, -0.05) is 0 Å². The van der Waals surface area contributed by atoms with Crippen LogP contribution in [0.25, 0.3) is 0 Å². The first-order valence-corrected chi connectivity index (χ1v) is 17.7. The summed E-state index contributed by atoms with van der Waals surface area (Å²) in [6.07, 6.45) is 0. The molecule has 0 aromatic carbocycles. The van der Waals surface area contributed by atoms with Gasteiger partial charge in [-0.25, -0.2) is 0 Å². The number of hydrogen-bond acceptors (Lipinski definition) is 16. The first-order chi connectivity index (χ1) is 19.8. The average Bonchev–Trinajstić information content (AvgIpc) is 2.82. The summed E-state index contributed by atoms with van der Waals surface area (Å²) >= 11 is 37.3. The average molecular weight is 865 g/mol. The minimum Gasteiger partial charge on any atom is -0.426 e. The first kappa shape index (κ1) is 55.4. The zero-order valence-electron chi connectivity index (χ0n) is 29.7. The maximum atomic E-state index is 5.15.